The Bertz CT molecular complexity index is 7380. The van der Waals surface area contributed by atoms with E-state index in [1.54, 1.807) is 94.4 Å². The highest BCUT2D eigenvalue weighted by Crippen LogP contribution is 2.34. The number of aryl methyl sites for hydroxylation is 4. The Morgan fingerprint density at radius 3 is 1.31 bits per heavy atom. The maximum atomic E-state index is 13.2. The van der Waals surface area contributed by atoms with Gasteiger partial charge in [0.05, 0.1) is 10.2 Å². The van der Waals surface area contributed by atoms with Gasteiger partial charge in [0.1, 0.15) is 56.0 Å². The molecule has 0 amide bonds. The SMILES string of the molecule is CCC(=O)/C(=N\OC)c1nc2ccc(Cl)cc2o1.CO/N=C(\C(=O)C(C)(C)C)c1nc2c(ccc3ccccc32)o1.Cc1ccc(S(=O)(=O)O/N=C(\C(=O)C(C)(C)C)c2nc3c(ccc4ccccc43)o2)cc1.Cc1ccc(S(=O)(=O)O/N=C(\C(=O)C2CCCCC2)c2nc3cc(C)ccc3o2)cc1.Cc1ccc(S(=O)(=O)O/N=C(\C(=O)CC(C)(C)C)c2nc3ccccc3s2)cc1. The molecule has 0 radical (unpaired) electrons. The van der Waals surface area contributed by atoms with Crippen molar-refractivity contribution in [2.45, 2.75) is 157 Å². The van der Waals surface area contributed by atoms with E-state index in [1.807, 2.05) is 172 Å². The van der Waals surface area contributed by atoms with Gasteiger partial charge in [-0.3, -0.25) is 36.8 Å². The molecule has 30 nitrogen and oxygen atoms in total. The summed E-state index contributed by atoms with van der Waals surface area (Å²) in [5.41, 5.74) is 6.75. The van der Waals surface area contributed by atoms with E-state index >= 15 is 0 Å². The summed E-state index contributed by atoms with van der Waals surface area (Å²) < 4.78 is 114. The van der Waals surface area contributed by atoms with Crippen LogP contribution in [0.1, 0.15) is 165 Å². The standard InChI is InChI=1S/C24H22N2O5S.C23H24N2O5S.C21H22N2O4S2.C18H18N2O3.C12H11ClN2O3/c1-15-9-12-17(13-10-15)32(28,29)31-26-21(22(27)24(2,3)4)23-25-20-18-8-6-5-7-16(18)11-14-19(20)30-23;1-15-8-11-18(12-9-15)31(27,28)30-25-21(22(26)17-6-4-3-5-7-17)23-24-19-14-16(2)10-13-20(19)29-23;1-14-9-11-15(12-10-14)29(25,26)27-23-19(17(24)13-21(2,3)4)20-22-16-7-5-6-8-18(16)28-20;1-18(2,3)16(21)15(20-22-4)17-19-14-12-8-6-5-7-11(12)9-10-13(14)23-17;1-3-9(16)11(15-17-2)12-14-8-5-4-7(13)6-10(8)18-12/h5-14H,1-4H3;8-14,17H,3-7H2,1-2H3;5-12H,13H2,1-4H3;5-10H,1-4H3;4-6H,3H2,1-2H3/b26-21+;25-21+;23-19+;20-15+;15-11+. The Balaban J connectivity index is 0.000000152. The van der Waals surface area contributed by atoms with Gasteiger partial charge in [0.25, 0.3) is 23.6 Å². The highest BCUT2D eigenvalue weighted by atomic mass is 35.5. The summed E-state index contributed by atoms with van der Waals surface area (Å²) in [6, 6.07) is 59.4. The smallest absolute Gasteiger partial charge is 0.358 e. The third-order valence-corrected chi connectivity index (χ3v) is 24.9. The number of thiazole rings is 1. The molecule has 1 aliphatic rings. The van der Waals surface area contributed by atoms with E-state index in [-0.39, 0.29) is 108 Å². The van der Waals surface area contributed by atoms with Crippen LogP contribution in [0.3, 0.4) is 0 Å². The molecule has 0 unspecified atom stereocenters. The van der Waals surface area contributed by atoms with Gasteiger partial charge < -0.3 is 27.3 Å². The van der Waals surface area contributed by atoms with Crippen LogP contribution in [-0.4, -0.2) is 122 Å². The Kier molecular flexibility index (Phi) is 30.9. The van der Waals surface area contributed by atoms with Gasteiger partial charge in [-0.05, 0) is 147 Å². The van der Waals surface area contributed by atoms with E-state index < -0.39 is 47.0 Å². The summed E-state index contributed by atoms with van der Waals surface area (Å²) in [5, 5.41) is 23.5. The molecule has 133 heavy (non-hydrogen) atoms. The van der Waals surface area contributed by atoms with Crippen molar-refractivity contribution in [1.29, 1.82) is 0 Å². The summed E-state index contributed by atoms with van der Waals surface area (Å²) in [5.74, 6) is -1.55. The lowest BCUT2D eigenvalue weighted by Crippen LogP contribution is -2.30. The fourth-order valence-corrected chi connectivity index (χ4v) is 16.6. The number of hydrogen-bond acceptors (Lipinski definition) is 31. The molecule has 0 N–H and O–H groups in total. The first kappa shape index (κ1) is 98.4. The highest BCUT2D eigenvalue weighted by molar-refractivity contribution is 7.87. The Labute approximate surface area is 776 Å². The normalized spacial score (nSPS) is 13.4. The van der Waals surface area contributed by atoms with E-state index in [0.717, 1.165) is 80.6 Å². The first-order chi connectivity index (χ1) is 63.0. The molecule has 0 spiro atoms. The van der Waals surface area contributed by atoms with E-state index in [1.165, 1.54) is 62.0 Å². The van der Waals surface area contributed by atoms with Crippen molar-refractivity contribution in [3.05, 3.63) is 262 Å². The van der Waals surface area contributed by atoms with Crippen LogP contribution in [-0.2, 0) is 76.9 Å². The highest BCUT2D eigenvalue weighted by Gasteiger charge is 2.36. The summed E-state index contributed by atoms with van der Waals surface area (Å²) in [6.45, 7) is 25.5. The van der Waals surface area contributed by atoms with Crippen LogP contribution in [0.2, 0.25) is 5.02 Å². The second kappa shape index (κ2) is 41.8. The van der Waals surface area contributed by atoms with E-state index in [9.17, 15) is 49.2 Å². The van der Waals surface area contributed by atoms with Crippen LogP contribution in [0, 0.1) is 49.9 Å². The lowest BCUT2D eigenvalue weighted by Gasteiger charge is -2.19. The lowest BCUT2D eigenvalue weighted by atomic mass is 9.84. The van der Waals surface area contributed by atoms with Crippen LogP contribution >= 0.6 is 22.9 Å². The van der Waals surface area contributed by atoms with Crippen LogP contribution < -0.4 is 0 Å². The molecule has 0 aliphatic heterocycles. The maximum Gasteiger partial charge on any atom is 0.358 e. The number of hydrogen-bond donors (Lipinski definition) is 0. The van der Waals surface area contributed by atoms with Crippen LogP contribution in [0.5, 0.6) is 0 Å². The maximum absolute atomic E-state index is 13.2. The summed E-state index contributed by atoms with van der Waals surface area (Å²) >= 11 is 7.12. The molecule has 16 rings (SSSR count). The van der Waals surface area contributed by atoms with Crippen LogP contribution in [0.4, 0.5) is 0 Å². The number of halogens is 1. The molecule has 690 valence electrons. The number of aromatic nitrogens is 5. The number of nitrogens with zero attached hydrogens (tertiary/aromatic N) is 10. The molecule has 15 aromatic rings. The van der Waals surface area contributed by atoms with Crippen molar-refractivity contribution in [3.63, 3.8) is 0 Å². The van der Waals surface area contributed by atoms with Crippen molar-refractivity contribution >= 4 is 187 Å². The zero-order valence-electron chi connectivity index (χ0n) is 75.8. The number of benzene rings is 10. The average molecular weight is 1900 g/mol. The second-order valence-corrected chi connectivity index (χ2v) is 40.4. The molecule has 1 saturated carbocycles. The van der Waals surface area contributed by atoms with Gasteiger partial charge in [-0.1, -0.05) is 258 Å². The number of carbonyl (C=O) groups is 5. The monoisotopic (exact) mass is 1900 g/mol. The minimum absolute atomic E-state index is 0.0289. The Hall–Kier alpha value is -13.7. The number of ketones is 5. The van der Waals surface area contributed by atoms with E-state index in [0.29, 0.717) is 66.4 Å². The quantitative estimate of drug-likeness (QED) is 0.0400. The molecule has 1 fully saturated rings. The van der Waals surface area contributed by atoms with Crippen molar-refractivity contribution in [2.75, 3.05) is 14.2 Å². The van der Waals surface area contributed by atoms with E-state index in [2.05, 4.69) is 55.5 Å². The largest absolute Gasteiger partial charge is 0.435 e. The molecule has 10 aromatic carbocycles. The number of oxazole rings is 4. The van der Waals surface area contributed by atoms with Crippen molar-refractivity contribution in [3.8, 4) is 0 Å². The zero-order valence-corrected chi connectivity index (χ0v) is 79.8. The van der Waals surface area contributed by atoms with Crippen molar-refractivity contribution in [2.24, 2.45) is 47.9 Å². The molecular weight excluding hydrogens is 1800 g/mol. The summed E-state index contributed by atoms with van der Waals surface area (Å²) in [4.78, 5) is 94.8. The molecule has 5 heterocycles. The van der Waals surface area contributed by atoms with Crippen LogP contribution in [0.15, 0.2) is 264 Å². The van der Waals surface area contributed by atoms with Gasteiger partial charge in [0.15, 0.2) is 57.0 Å². The molecule has 0 saturated heterocycles. The minimum Gasteiger partial charge on any atom is -0.435 e. The molecule has 1 aliphatic carbocycles. The van der Waals surface area contributed by atoms with Gasteiger partial charge in [0, 0.05) is 51.5 Å². The summed E-state index contributed by atoms with van der Waals surface area (Å²) in [7, 11) is -9.81. The number of para-hydroxylation sites is 1. The predicted octanol–water partition coefficient (Wildman–Crippen LogP) is 21.2. The van der Waals surface area contributed by atoms with Gasteiger partial charge in [0.2, 0.25) is 22.8 Å². The lowest BCUT2D eigenvalue weighted by molar-refractivity contribution is -0.120. The predicted molar refractivity (Wildman–Crippen MR) is 510 cm³/mol. The van der Waals surface area contributed by atoms with Crippen molar-refractivity contribution in [1.82, 2.24) is 24.9 Å². The van der Waals surface area contributed by atoms with Crippen molar-refractivity contribution < 1.29 is 89.4 Å². The third-order valence-electron chi connectivity index (χ3n) is 20.3. The number of fused-ring (bicyclic) bond motifs is 9. The molecule has 5 aromatic heterocycles. The van der Waals surface area contributed by atoms with Gasteiger partial charge >= 0.3 is 30.4 Å². The van der Waals surface area contributed by atoms with Gasteiger partial charge in [-0.25, -0.2) is 24.9 Å². The first-order valence-corrected chi connectivity index (χ1v) is 47.5. The molecule has 0 bridgehead atoms. The number of oxime groups is 5. The molecule has 35 heteroatoms. The number of rotatable bonds is 24. The fraction of sp³-hybridized carbons (Fsp3) is 0.276. The van der Waals surface area contributed by atoms with E-state index in [4.69, 9.17) is 47.0 Å². The van der Waals surface area contributed by atoms with Crippen LogP contribution in [0.25, 0.3) is 76.2 Å². The summed E-state index contributed by atoms with van der Waals surface area (Å²) in [6.07, 6.45) is 4.88. The van der Waals surface area contributed by atoms with Gasteiger partial charge in [-0.15, -0.1) is 11.3 Å². The number of carbonyl (C=O) groups excluding carboxylic acids is 5. The second-order valence-electron chi connectivity index (χ2n) is 34.3. The topological polar surface area (TPSA) is 413 Å². The Morgan fingerprint density at radius 2 is 0.827 bits per heavy atom. The zero-order chi connectivity index (χ0) is 96.1. The third kappa shape index (κ3) is 24.8. The van der Waals surface area contributed by atoms with Gasteiger partial charge in [-0.2, -0.15) is 25.3 Å². The molecular formula is C98H97ClN10O20S4. The molecule has 0 atom stereocenters. The Morgan fingerprint density at radius 1 is 0.414 bits per heavy atom. The fourth-order valence-electron chi connectivity index (χ4n) is 13.3. The average Bonchev–Trinajstić information content (AvgIpc) is 1.63. The first-order valence-electron chi connectivity index (χ1n) is 42.1. The number of Topliss-reactive ketones (excluding diaryl/α,β-unsaturated/α-hetero) is 5. The minimum atomic E-state index is -4.23.